The quantitative estimate of drug-likeness (QED) is 0.877. The molecular formula is C15H15N3O2S2. The Balaban J connectivity index is 1.81. The van der Waals surface area contributed by atoms with Crippen molar-refractivity contribution < 1.29 is 9.59 Å². The van der Waals surface area contributed by atoms with Crippen LogP contribution in [0.25, 0.3) is 0 Å². The fourth-order valence-corrected chi connectivity index (χ4v) is 4.29. The Morgan fingerprint density at radius 3 is 2.95 bits per heavy atom. The largest absolute Gasteiger partial charge is 0.323 e. The van der Waals surface area contributed by atoms with Crippen molar-refractivity contribution in [2.24, 2.45) is 0 Å². The Morgan fingerprint density at radius 2 is 2.23 bits per heavy atom. The van der Waals surface area contributed by atoms with Gasteiger partial charge >= 0.3 is 0 Å². The molecule has 22 heavy (non-hydrogen) atoms. The number of fused-ring (bicyclic) bond motifs is 1. The zero-order valence-electron chi connectivity index (χ0n) is 12.2. The number of hydrogen-bond acceptors (Lipinski definition) is 5. The molecule has 2 aromatic rings. The van der Waals surface area contributed by atoms with E-state index in [1.165, 1.54) is 23.1 Å². The van der Waals surface area contributed by atoms with Crippen molar-refractivity contribution in [3.8, 4) is 0 Å². The summed E-state index contributed by atoms with van der Waals surface area (Å²) in [6, 6.07) is 7.34. The van der Waals surface area contributed by atoms with E-state index in [2.05, 4.69) is 10.3 Å². The first-order chi connectivity index (χ1) is 10.5. The van der Waals surface area contributed by atoms with Crippen LogP contribution in [0, 0.1) is 6.92 Å². The number of benzene rings is 1. The fraction of sp³-hybridized carbons (Fsp3) is 0.267. The third-order valence-electron chi connectivity index (χ3n) is 3.26. The minimum atomic E-state index is -0.301. The topological polar surface area (TPSA) is 62.3 Å². The summed E-state index contributed by atoms with van der Waals surface area (Å²) in [5.74, 6) is -0.255. The maximum Gasteiger partial charge on any atom is 0.244 e. The summed E-state index contributed by atoms with van der Waals surface area (Å²) in [6.07, 6.45) is 0. The van der Waals surface area contributed by atoms with Crippen LogP contribution in [0.2, 0.25) is 0 Å². The molecule has 1 aliphatic heterocycles. The lowest BCUT2D eigenvalue weighted by Gasteiger charge is -2.30. The molecule has 2 heterocycles. The Bertz CT molecular complexity index is 729. The number of aromatic nitrogens is 1. The van der Waals surface area contributed by atoms with Crippen molar-refractivity contribution in [3.05, 3.63) is 35.3 Å². The highest BCUT2D eigenvalue weighted by Gasteiger charge is 2.30. The minimum absolute atomic E-state index is 0.0532. The van der Waals surface area contributed by atoms with Crippen LogP contribution in [-0.4, -0.2) is 28.6 Å². The molecule has 1 N–H and O–H groups in total. The van der Waals surface area contributed by atoms with E-state index in [0.717, 1.165) is 15.7 Å². The molecule has 1 aromatic carbocycles. The van der Waals surface area contributed by atoms with Crippen LogP contribution in [0.1, 0.15) is 12.6 Å². The zero-order valence-corrected chi connectivity index (χ0v) is 13.8. The number of hydrogen-bond donors (Lipinski definition) is 1. The van der Waals surface area contributed by atoms with Gasteiger partial charge in [-0.05, 0) is 26.0 Å². The van der Waals surface area contributed by atoms with Gasteiger partial charge in [-0.1, -0.05) is 23.9 Å². The van der Waals surface area contributed by atoms with Crippen LogP contribution in [0.15, 0.2) is 34.0 Å². The van der Waals surface area contributed by atoms with Crippen LogP contribution >= 0.6 is 23.1 Å². The summed E-state index contributed by atoms with van der Waals surface area (Å²) in [6.45, 7) is 3.83. The van der Waals surface area contributed by atoms with Crippen LogP contribution in [0.3, 0.4) is 0 Å². The van der Waals surface area contributed by atoms with E-state index >= 15 is 0 Å². The lowest BCUT2D eigenvalue weighted by molar-refractivity contribution is -0.121. The molecular weight excluding hydrogens is 318 g/mol. The lowest BCUT2D eigenvalue weighted by Crippen LogP contribution is -2.45. The number of aryl methyl sites for hydroxylation is 1. The molecule has 5 nitrogen and oxygen atoms in total. The Labute approximate surface area is 136 Å². The predicted octanol–water partition coefficient (Wildman–Crippen LogP) is 2.92. The first-order valence-corrected chi connectivity index (χ1v) is 8.59. The zero-order chi connectivity index (χ0) is 15.7. The van der Waals surface area contributed by atoms with Gasteiger partial charge in [-0.15, -0.1) is 11.3 Å². The molecule has 1 aromatic heterocycles. The summed E-state index contributed by atoms with van der Waals surface area (Å²) >= 11 is 2.96. The Morgan fingerprint density at radius 1 is 1.45 bits per heavy atom. The molecule has 0 spiro atoms. The average molecular weight is 333 g/mol. The van der Waals surface area contributed by atoms with E-state index in [9.17, 15) is 9.59 Å². The minimum Gasteiger partial charge on any atom is -0.323 e. The van der Waals surface area contributed by atoms with Gasteiger partial charge in [-0.2, -0.15) is 0 Å². The summed E-state index contributed by atoms with van der Waals surface area (Å²) in [4.78, 5) is 30.4. The molecule has 0 bridgehead atoms. The second-order valence-corrected chi connectivity index (χ2v) is 7.45. The van der Waals surface area contributed by atoms with E-state index in [-0.39, 0.29) is 23.6 Å². The second kappa shape index (κ2) is 6.10. The van der Waals surface area contributed by atoms with E-state index in [1.807, 2.05) is 37.4 Å². The van der Waals surface area contributed by atoms with Crippen molar-refractivity contribution in [3.63, 3.8) is 0 Å². The SMILES string of the molecule is Cc1csc(SC(C)C(=O)N2CC(=O)Nc3ccccc32)n1. The summed E-state index contributed by atoms with van der Waals surface area (Å²) in [7, 11) is 0. The predicted molar refractivity (Wildman–Crippen MR) is 89.6 cm³/mol. The molecule has 7 heteroatoms. The summed E-state index contributed by atoms with van der Waals surface area (Å²) < 4.78 is 0.869. The molecule has 2 amide bonds. The van der Waals surface area contributed by atoms with Gasteiger partial charge < -0.3 is 5.32 Å². The molecule has 1 atom stereocenters. The van der Waals surface area contributed by atoms with E-state index < -0.39 is 0 Å². The molecule has 0 fully saturated rings. The molecule has 0 saturated carbocycles. The van der Waals surface area contributed by atoms with Crippen LogP contribution < -0.4 is 10.2 Å². The number of thioether (sulfide) groups is 1. The Hall–Kier alpha value is -1.86. The first-order valence-electron chi connectivity index (χ1n) is 6.83. The molecule has 114 valence electrons. The van der Waals surface area contributed by atoms with Gasteiger partial charge in [0.15, 0.2) is 4.34 Å². The highest BCUT2D eigenvalue weighted by atomic mass is 32.2. The number of nitrogens with one attached hydrogen (secondary N) is 1. The molecule has 0 aliphatic carbocycles. The number of rotatable bonds is 3. The number of anilines is 2. The number of nitrogens with zero attached hydrogens (tertiary/aromatic N) is 2. The third kappa shape index (κ3) is 3.00. The molecule has 3 rings (SSSR count). The normalized spacial score (nSPS) is 15.2. The van der Waals surface area contributed by atoms with Crippen LogP contribution in [0.4, 0.5) is 11.4 Å². The maximum absolute atomic E-state index is 12.7. The standard InChI is InChI=1S/C15H15N3O2S2/c1-9-8-21-15(16-9)22-10(2)14(20)18-7-13(19)17-11-5-3-4-6-12(11)18/h3-6,8,10H,7H2,1-2H3,(H,17,19). The molecule has 1 unspecified atom stereocenters. The Kier molecular flexibility index (Phi) is 4.17. The summed E-state index contributed by atoms with van der Waals surface area (Å²) in [5, 5.41) is 4.45. The number of thiazole rings is 1. The van der Waals surface area contributed by atoms with Gasteiger partial charge in [0, 0.05) is 11.1 Å². The maximum atomic E-state index is 12.7. The highest BCUT2D eigenvalue weighted by molar-refractivity contribution is 8.02. The van der Waals surface area contributed by atoms with Crippen molar-refractivity contribution in [2.45, 2.75) is 23.4 Å². The number of carbonyl (C=O) groups excluding carboxylic acids is 2. The average Bonchev–Trinajstić information content (AvgIpc) is 2.90. The lowest BCUT2D eigenvalue weighted by atomic mass is 10.2. The molecule has 0 radical (unpaired) electrons. The van der Waals surface area contributed by atoms with Gasteiger partial charge in [-0.25, -0.2) is 4.98 Å². The number of amides is 2. The van der Waals surface area contributed by atoms with Crippen molar-refractivity contribution in [1.29, 1.82) is 0 Å². The van der Waals surface area contributed by atoms with Crippen molar-refractivity contribution in [1.82, 2.24) is 4.98 Å². The monoisotopic (exact) mass is 333 g/mol. The smallest absolute Gasteiger partial charge is 0.244 e. The third-order valence-corrected chi connectivity index (χ3v) is 5.44. The van der Waals surface area contributed by atoms with Crippen LogP contribution in [0.5, 0.6) is 0 Å². The van der Waals surface area contributed by atoms with Gasteiger partial charge in [0.2, 0.25) is 11.8 Å². The van der Waals surface area contributed by atoms with Gasteiger partial charge in [0.1, 0.15) is 6.54 Å². The highest BCUT2D eigenvalue weighted by Crippen LogP contribution is 2.33. The first kappa shape index (κ1) is 15.1. The number of para-hydroxylation sites is 2. The fourth-order valence-electron chi connectivity index (χ4n) is 2.24. The van der Waals surface area contributed by atoms with Gasteiger partial charge in [0.05, 0.1) is 16.6 Å². The van der Waals surface area contributed by atoms with Gasteiger partial charge in [0.25, 0.3) is 0 Å². The molecule has 1 aliphatic rings. The van der Waals surface area contributed by atoms with Gasteiger partial charge in [-0.3, -0.25) is 14.5 Å². The van der Waals surface area contributed by atoms with Crippen molar-refractivity contribution >= 4 is 46.3 Å². The van der Waals surface area contributed by atoms with Crippen LogP contribution in [-0.2, 0) is 9.59 Å². The van der Waals surface area contributed by atoms with E-state index in [1.54, 1.807) is 11.0 Å². The van der Waals surface area contributed by atoms with E-state index in [4.69, 9.17) is 0 Å². The van der Waals surface area contributed by atoms with E-state index in [0.29, 0.717) is 5.69 Å². The summed E-state index contributed by atoms with van der Waals surface area (Å²) in [5.41, 5.74) is 2.37. The molecule has 0 saturated heterocycles. The van der Waals surface area contributed by atoms with Crippen molar-refractivity contribution in [2.75, 3.05) is 16.8 Å². The second-order valence-electron chi connectivity index (χ2n) is 5.00. The number of carbonyl (C=O) groups is 2.